The topological polar surface area (TPSA) is 92.0 Å². The smallest absolute Gasteiger partial charge is 0.269 e. The summed E-state index contributed by atoms with van der Waals surface area (Å²) >= 11 is 0. The fourth-order valence-electron chi connectivity index (χ4n) is 2.69. The Labute approximate surface area is 183 Å². The van der Waals surface area contributed by atoms with Crippen molar-refractivity contribution in [2.24, 2.45) is 4.99 Å². The molecule has 1 saturated heterocycles. The number of halogens is 1. The number of non-ortho nitro benzene ring substituents is 1. The molecule has 1 atom stereocenters. The summed E-state index contributed by atoms with van der Waals surface area (Å²) in [7, 11) is 0. The number of morpholine rings is 1. The van der Waals surface area contributed by atoms with E-state index in [2.05, 4.69) is 34.0 Å². The molecule has 8 nitrogen and oxygen atoms in total. The second kappa shape index (κ2) is 12.7. The third kappa shape index (κ3) is 8.53. The Morgan fingerprint density at radius 2 is 1.96 bits per heavy atom. The molecule has 156 valence electrons. The molecule has 2 rings (SSSR count). The van der Waals surface area contributed by atoms with Crippen molar-refractivity contribution in [1.82, 2.24) is 15.5 Å². The first kappa shape index (κ1) is 24.3. The fraction of sp³-hybridized carbons (Fsp3) is 0.526. The third-order valence-electron chi connectivity index (χ3n) is 4.36. The number of nitrogens with one attached hydrogen (secondary N) is 2. The molecule has 28 heavy (non-hydrogen) atoms. The van der Waals surface area contributed by atoms with Crippen molar-refractivity contribution in [1.29, 1.82) is 0 Å². The average Bonchev–Trinajstić information content (AvgIpc) is 2.68. The van der Waals surface area contributed by atoms with Gasteiger partial charge in [0, 0.05) is 44.4 Å². The summed E-state index contributed by atoms with van der Waals surface area (Å²) < 4.78 is 5.40. The molecule has 0 amide bonds. The monoisotopic (exact) mass is 503 g/mol. The van der Waals surface area contributed by atoms with Gasteiger partial charge >= 0.3 is 0 Å². The zero-order chi connectivity index (χ0) is 19.6. The van der Waals surface area contributed by atoms with Gasteiger partial charge in [0.05, 0.1) is 24.7 Å². The largest absolute Gasteiger partial charge is 0.379 e. The lowest BCUT2D eigenvalue weighted by Crippen LogP contribution is -2.49. The Morgan fingerprint density at radius 3 is 2.54 bits per heavy atom. The van der Waals surface area contributed by atoms with Crippen LogP contribution < -0.4 is 10.6 Å². The molecule has 1 unspecified atom stereocenters. The van der Waals surface area contributed by atoms with Gasteiger partial charge in [0.2, 0.25) is 0 Å². The van der Waals surface area contributed by atoms with E-state index in [1.165, 1.54) is 12.1 Å². The summed E-state index contributed by atoms with van der Waals surface area (Å²) in [6.45, 7) is 13.3. The molecule has 0 spiro atoms. The number of nitro benzene ring substituents is 1. The molecule has 1 aliphatic rings. The molecule has 0 radical (unpaired) electrons. The molecule has 0 bridgehead atoms. The van der Waals surface area contributed by atoms with E-state index in [0.717, 1.165) is 44.0 Å². The van der Waals surface area contributed by atoms with E-state index in [9.17, 15) is 10.1 Å². The van der Waals surface area contributed by atoms with E-state index >= 15 is 0 Å². The molecule has 0 aromatic heterocycles. The van der Waals surface area contributed by atoms with Gasteiger partial charge in [-0.2, -0.15) is 0 Å². The van der Waals surface area contributed by atoms with Crippen molar-refractivity contribution in [2.75, 3.05) is 39.4 Å². The highest BCUT2D eigenvalue weighted by Gasteiger charge is 2.17. The van der Waals surface area contributed by atoms with Crippen molar-refractivity contribution < 1.29 is 9.66 Å². The van der Waals surface area contributed by atoms with Gasteiger partial charge in [-0.05, 0) is 19.4 Å². The number of guanidine groups is 1. The molecular weight excluding hydrogens is 473 g/mol. The van der Waals surface area contributed by atoms with Crippen molar-refractivity contribution in [3.63, 3.8) is 0 Å². The van der Waals surface area contributed by atoms with Crippen LogP contribution in [-0.2, 0) is 11.3 Å². The van der Waals surface area contributed by atoms with Gasteiger partial charge in [-0.1, -0.05) is 24.3 Å². The minimum atomic E-state index is -0.401. The molecule has 0 aliphatic carbocycles. The minimum absolute atomic E-state index is 0. The maximum absolute atomic E-state index is 10.7. The van der Waals surface area contributed by atoms with Gasteiger partial charge in [-0.15, -0.1) is 24.0 Å². The number of ether oxygens (including phenoxy) is 1. The Kier molecular flexibility index (Phi) is 11.0. The number of benzene rings is 1. The van der Waals surface area contributed by atoms with Crippen LogP contribution in [0.5, 0.6) is 0 Å². The lowest BCUT2D eigenvalue weighted by atomic mass is 10.2. The Hall–Kier alpha value is -1.72. The number of nitro groups is 1. The maximum atomic E-state index is 10.7. The Bertz CT molecular complexity index is 660. The lowest BCUT2D eigenvalue weighted by Gasteiger charge is -2.32. The van der Waals surface area contributed by atoms with E-state index < -0.39 is 4.92 Å². The Balaban J connectivity index is 0.00000392. The molecule has 1 aromatic carbocycles. The maximum Gasteiger partial charge on any atom is 0.269 e. The standard InChI is InChI=1S/C19H29N5O3.HI/c1-15(2)12-20-19(21-13-16(3)23-8-10-27-11-9-23)22-14-17-4-6-18(7-5-17)24(25)26;/h4-7,16H,1,8-14H2,2-3H3,(H2,20,21,22);1H. The van der Waals surface area contributed by atoms with Crippen LogP contribution >= 0.6 is 24.0 Å². The van der Waals surface area contributed by atoms with Crippen LogP contribution in [0.2, 0.25) is 0 Å². The van der Waals surface area contributed by atoms with Crippen LogP contribution in [0.3, 0.4) is 0 Å². The molecule has 2 N–H and O–H groups in total. The molecule has 1 heterocycles. The normalized spacial score (nSPS) is 16.0. The van der Waals surface area contributed by atoms with Crippen LogP contribution in [0, 0.1) is 10.1 Å². The van der Waals surface area contributed by atoms with Crippen LogP contribution in [-0.4, -0.2) is 61.2 Å². The van der Waals surface area contributed by atoms with Gasteiger partial charge in [-0.25, -0.2) is 4.99 Å². The van der Waals surface area contributed by atoms with E-state index in [4.69, 9.17) is 4.74 Å². The highest BCUT2D eigenvalue weighted by Crippen LogP contribution is 2.12. The van der Waals surface area contributed by atoms with Crippen LogP contribution in [0.25, 0.3) is 0 Å². The fourth-order valence-corrected chi connectivity index (χ4v) is 2.69. The second-order valence-corrected chi connectivity index (χ2v) is 6.78. The van der Waals surface area contributed by atoms with Gasteiger partial charge in [-0.3, -0.25) is 15.0 Å². The van der Waals surface area contributed by atoms with Crippen molar-refractivity contribution in [3.8, 4) is 0 Å². The molecule has 1 aromatic rings. The number of hydrogen-bond acceptors (Lipinski definition) is 5. The lowest BCUT2D eigenvalue weighted by molar-refractivity contribution is -0.384. The molecule has 1 fully saturated rings. The van der Waals surface area contributed by atoms with E-state index in [0.29, 0.717) is 25.1 Å². The minimum Gasteiger partial charge on any atom is -0.379 e. The third-order valence-corrected chi connectivity index (χ3v) is 4.36. The summed E-state index contributed by atoms with van der Waals surface area (Å²) in [6.07, 6.45) is 0. The second-order valence-electron chi connectivity index (χ2n) is 6.78. The van der Waals surface area contributed by atoms with Crippen LogP contribution in [0.1, 0.15) is 19.4 Å². The summed E-state index contributed by atoms with van der Waals surface area (Å²) in [4.78, 5) is 17.3. The SMILES string of the molecule is C=C(C)CNC(=NCc1ccc([N+](=O)[O-])cc1)NCC(C)N1CCOCC1.I. The summed E-state index contributed by atoms with van der Waals surface area (Å²) in [6, 6.07) is 6.83. The molecule has 1 aliphatic heterocycles. The quantitative estimate of drug-likeness (QED) is 0.142. The van der Waals surface area contributed by atoms with Gasteiger partial charge in [0.1, 0.15) is 0 Å². The number of nitrogens with zero attached hydrogens (tertiary/aromatic N) is 3. The zero-order valence-corrected chi connectivity index (χ0v) is 18.8. The first-order valence-corrected chi connectivity index (χ1v) is 9.17. The van der Waals surface area contributed by atoms with E-state index in [1.54, 1.807) is 12.1 Å². The van der Waals surface area contributed by atoms with Crippen molar-refractivity contribution in [3.05, 3.63) is 52.1 Å². The van der Waals surface area contributed by atoms with Crippen molar-refractivity contribution >= 4 is 35.6 Å². The number of hydrogen-bond donors (Lipinski definition) is 2. The first-order chi connectivity index (χ1) is 13.0. The predicted molar refractivity (Wildman–Crippen MR) is 122 cm³/mol. The van der Waals surface area contributed by atoms with Gasteiger partial charge in [0.15, 0.2) is 5.96 Å². The summed E-state index contributed by atoms with van der Waals surface area (Å²) in [5.74, 6) is 0.705. The van der Waals surface area contributed by atoms with E-state index in [-0.39, 0.29) is 29.7 Å². The summed E-state index contributed by atoms with van der Waals surface area (Å²) in [5.41, 5.74) is 2.01. The predicted octanol–water partition coefficient (Wildman–Crippen LogP) is 2.54. The highest BCUT2D eigenvalue weighted by molar-refractivity contribution is 14.0. The zero-order valence-electron chi connectivity index (χ0n) is 16.5. The summed E-state index contributed by atoms with van der Waals surface area (Å²) in [5, 5.41) is 17.4. The molecule has 9 heteroatoms. The van der Waals surface area contributed by atoms with Gasteiger partial charge in [0.25, 0.3) is 5.69 Å². The Morgan fingerprint density at radius 1 is 1.32 bits per heavy atom. The van der Waals surface area contributed by atoms with Gasteiger partial charge < -0.3 is 15.4 Å². The average molecular weight is 503 g/mol. The highest BCUT2D eigenvalue weighted by atomic mass is 127. The molecule has 0 saturated carbocycles. The van der Waals surface area contributed by atoms with Crippen LogP contribution in [0.15, 0.2) is 41.4 Å². The first-order valence-electron chi connectivity index (χ1n) is 9.17. The number of aliphatic imine (C=N–C) groups is 1. The van der Waals surface area contributed by atoms with Crippen LogP contribution in [0.4, 0.5) is 5.69 Å². The van der Waals surface area contributed by atoms with E-state index in [1.807, 2.05) is 6.92 Å². The van der Waals surface area contributed by atoms with Crippen molar-refractivity contribution in [2.45, 2.75) is 26.4 Å². The molecular formula is C19H30IN5O3. The number of rotatable bonds is 8.